The van der Waals surface area contributed by atoms with Gasteiger partial charge in [-0.25, -0.2) is 0 Å². The zero-order valence-corrected chi connectivity index (χ0v) is 10.8. The van der Waals surface area contributed by atoms with Crippen LogP contribution in [0.4, 0.5) is 0 Å². The molecule has 0 saturated heterocycles. The van der Waals surface area contributed by atoms with Gasteiger partial charge in [-0.2, -0.15) is 12.6 Å². The molecule has 0 aliphatic rings. The number of hydrogen-bond donors (Lipinski definition) is 1. The van der Waals surface area contributed by atoms with Crippen LogP contribution in [0.3, 0.4) is 0 Å². The Hall–Kier alpha value is -1.74. The van der Waals surface area contributed by atoms with E-state index in [9.17, 15) is 4.79 Å². The predicted molar refractivity (Wildman–Crippen MR) is 75.7 cm³/mol. The SMILES string of the molecule is O=C(c1ccccc1)c1ccc(OCCS)cc1. The molecular weight excluding hydrogens is 244 g/mol. The molecular formula is C15H14O2S. The van der Waals surface area contributed by atoms with Gasteiger partial charge in [0.2, 0.25) is 0 Å². The van der Waals surface area contributed by atoms with Crippen molar-refractivity contribution in [3.05, 3.63) is 65.7 Å². The van der Waals surface area contributed by atoms with Gasteiger partial charge in [0.25, 0.3) is 0 Å². The first-order chi connectivity index (χ1) is 8.81. The van der Waals surface area contributed by atoms with Crippen molar-refractivity contribution >= 4 is 18.4 Å². The molecule has 3 heteroatoms. The lowest BCUT2D eigenvalue weighted by atomic mass is 10.0. The van der Waals surface area contributed by atoms with E-state index in [0.29, 0.717) is 23.5 Å². The van der Waals surface area contributed by atoms with E-state index in [2.05, 4.69) is 12.6 Å². The van der Waals surface area contributed by atoms with Gasteiger partial charge in [-0.05, 0) is 24.3 Å². The van der Waals surface area contributed by atoms with Crippen molar-refractivity contribution in [3.63, 3.8) is 0 Å². The van der Waals surface area contributed by atoms with Crippen molar-refractivity contribution < 1.29 is 9.53 Å². The number of ether oxygens (including phenoxy) is 1. The van der Waals surface area contributed by atoms with E-state index in [1.54, 1.807) is 24.3 Å². The number of carbonyl (C=O) groups is 1. The molecule has 0 aliphatic carbocycles. The van der Waals surface area contributed by atoms with Crippen LogP contribution < -0.4 is 4.74 Å². The highest BCUT2D eigenvalue weighted by atomic mass is 32.1. The third kappa shape index (κ3) is 3.14. The second-order valence-corrected chi connectivity index (χ2v) is 4.24. The van der Waals surface area contributed by atoms with Crippen LogP contribution in [-0.4, -0.2) is 18.1 Å². The van der Waals surface area contributed by atoms with Crippen molar-refractivity contribution in [2.45, 2.75) is 0 Å². The molecule has 2 rings (SSSR count). The molecule has 0 radical (unpaired) electrons. The van der Waals surface area contributed by atoms with Crippen molar-refractivity contribution in [2.24, 2.45) is 0 Å². The number of thiol groups is 1. The number of hydrogen-bond acceptors (Lipinski definition) is 3. The van der Waals surface area contributed by atoms with Gasteiger partial charge in [0, 0.05) is 16.9 Å². The van der Waals surface area contributed by atoms with Gasteiger partial charge in [0.1, 0.15) is 5.75 Å². The summed E-state index contributed by atoms with van der Waals surface area (Å²) in [5.74, 6) is 1.45. The summed E-state index contributed by atoms with van der Waals surface area (Å²) in [6.07, 6.45) is 0. The quantitative estimate of drug-likeness (QED) is 0.658. The molecule has 0 aromatic heterocycles. The third-order valence-corrected chi connectivity index (χ3v) is 2.70. The van der Waals surface area contributed by atoms with Gasteiger partial charge in [-0.1, -0.05) is 30.3 Å². The zero-order valence-electron chi connectivity index (χ0n) is 9.87. The molecule has 0 spiro atoms. The average molecular weight is 258 g/mol. The van der Waals surface area contributed by atoms with Gasteiger partial charge in [-0.15, -0.1) is 0 Å². The van der Waals surface area contributed by atoms with Gasteiger partial charge in [0.15, 0.2) is 5.78 Å². The van der Waals surface area contributed by atoms with E-state index >= 15 is 0 Å². The standard InChI is InChI=1S/C15H14O2S/c16-15(12-4-2-1-3-5-12)13-6-8-14(9-7-13)17-10-11-18/h1-9,18H,10-11H2. The fraction of sp³-hybridized carbons (Fsp3) is 0.133. The van der Waals surface area contributed by atoms with Crippen LogP contribution in [0.2, 0.25) is 0 Å². The maximum absolute atomic E-state index is 12.1. The summed E-state index contributed by atoms with van der Waals surface area (Å²) in [6, 6.07) is 16.4. The highest BCUT2D eigenvalue weighted by Crippen LogP contribution is 2.15. The van der Waals surface area contributed by atoms with Crippen LogP contribution in [-0.2, 0) is 0 Å². The Kier molecular flexibility index (Phi) is 4.42. The minimum absolute atomic E-state index is 0.0244. The lowest BCUT2D eigenvalue weighted by Gasteiger charge is -2.05. The lowest BCUT2D eigenvalue weighted by Crippen LogP contribution is -2.02. The molecule has 0 saturated carbocycles. The molecule has 2 aromatic carbocycles. The topological polar surface area (TPSA) is 26.3 Å². The van der Waals surface area contributed by atoms with Crippen LogP contribution in [0, 0.1) is 0 Å². The van der Waals surface area contributed by atoms with E-state index in [1.165, 1.54) is 0 Å². The molecule has 0 N–H and O–H groups in total. The summed E-state index contributed by atoms with van der Waals surface area (Å²) in [5.41, 5.74) is 1.36. The smallest absolute Gasteiger partial charge is 0.193 e. The molecule has 0 aliphatic heterocycles. The fourth-order valence-corrected chi connectivity index (χ4v) is 1.71. The first-order valence-corrected chi connectivity index (χ1v) is 6.38. The number of ketones is 1. The van der Waals surface area contributed by atoms with Crippen molar-refractivity contribution in [1.82, 2.24) is 0 Å². The van der Waals surface area contributed by atoms with E-state index < -0.39 is 0 Å². The van der Waals surface area contributed by atoms with Crippen molar-refractivity contribution in [3.8, 4) is 5.75 Å². The average Bonchev–Trinajstić information content (AvgIpc) is 2.46. The van der Waals surface area contributed by atoms with Crippen LogP contribution >= 0.6 is 12.6 Å². The van der Waals surface area contributed by atoms with E-state index in [0.717, 1.165) is 5.75 Å². The number of carbonyl (C=O) groups excluding carboxylic acids is 1. The maximum Gasteiger partial charge on any atom is 0.193 e. The van der Waals surface area contributed by atoms with Crippen LogP contribution in [0.25, 0.3) is 0 Å². The Morgan fingerprint density at radius 2 is 1.56 bits per heavy atom. The van der Waals surface area contributed by atoms with Gasteiger partial charge < -0.3 is 4.74 Å². The highest BCUT2D eigenvalue weighted by Gasteiger charge is 2.07. The number of rotatable bonds is 5. The van der Waals surface area contributed by atoms with Crippen LogP contribution in [0.1, 0.15) is 15.9 Å². The summed E-state index contributed by atoms with van der Waals surface area (Å²) in [6.45, 7) is 0.565. The van der Waals surface area contributed by atoms with Crippen molar-refractivity contribution in [1.29, 1.82) is 0 Å². The summed E-state index contributed by atoms with van der Waals surface area (Å²) in [5, 5.41) is 0. The number of benzene rings is 2. The molecule has 0 bridgehead atoms. The van der Waals surface area contributed by atoms with E-state index in [-0.39, 0.29) is 5.78 Å². The summed E-state index contributed by atoms with van der Waals surface area (Å²) in [7, 11) is 0. The molecule has 0 heterocycles. The van der Waals surface area contributed by atoms with E-state index in [4.69, 9.17) is 4.74 Å². The Bertz CT molecular complexity index is 506. The third-order valence-electron chi connectivity index (χ3n) is 2.51. The molecule has 2 aromatic rings. The summed E-state index contributed by atoms with van der Waals surface area (Å²) in [4.78, 5) is 12.1. The largest absolute Gasteiger partial charge is 0.493 e. The molecule has 0 amide bonds. The second-order valence-electron chi connectivity index (χ2n) is 3.79. The summed E-state index contributed by atoms with van der Waals surface area (Å²) < 4.78 is 5.41. The Labute approximate surface area is 112 Å². The Morgan fingerprint density at radius 3 is 2.17 bits per heavy atom. The van der Waals surface area contributed by atoms with E-state index in [1.807, 2.05) is 30.3 Å². The predicted octanol–water partition coefficient (Wildman–Crippen LogP) is 3.23. The van der Waals surface area contributed by atoms with Crippen molar-refractivity contribution in [2.75, 3.05) is 12.4 Å². The molecule has 92 valence electrons. The monoisotopic (exact) mass is 258 g/mol. The molecule has 0 fully saturated rings. The Morgan fingerprint density at radius 1 is 0.944 bits per heavy atom. The normalized spacial score (nSPS) is 10.1. The van der Waals surface area contributed by atoms with Crippen LogP contribution in [0.5, 0.6) is 5.75 Å². The molecule has 18 heavy (non-hydrogen) atoms. The first-order valence-electron chi connectivity index (χ1n) is 5.75. The molecule has 0 unspecified atom stereocenters. The Balaban J connectivity index is 2.12. The zero-order chi connectivity index (χ0) is 12.8. The van der Waals surface area contributed by atoms with Crippen LogP contribution in [0.15, 0.2) is 54.6 Å². The first kappa shape index (κ1) is 12.7. The highest BCUT2D eigenvalue weighted by molar-refractivity contribution is 7.80. The molecule has 2 nitrogen and oxygen atoms in total. The maximum atomic E-state index is 12.1. The minimum Gasteiger partial charge on any atom is -0.493 e. The minimum atomic E-state index is 0.0244. The van der Waals surface area contributed by atoms with Gasteiger partial charge >= 0.3 is 0 Å². The van der Waals surface area contributed by atoms with Gasteiger partial charge in [-0.3, -0.25) is 4.79 Å². The lowest BCUT2D eigenvalue weighted by molar-refractivity contribution is 0.103. The fourth-order valence-electron chi connectivity index (χ4n) is 1.62. The van der Waals surface area contributed by atoms with Gasteiger partial charge in [0.05, 0.1) is 6.61 Å². The molecule has 0 atom stereocenters. The summed E-state index contributed by atoms with van der Waals surface area (Å²) >= 11 is 4.07. The second kappa shape index (κ2) is 6.26.